The maximum Gasteiger partial charge on any atom is 0.214 e. The maximum absolute atomic E-state index is 12.0. The highest BCUT2D eigenvalue weighted by Gasteiger charge is 2.40. The van der Waals surface area contributed by atoms with E-state index in [9.17, 15) is 8.42 Å². The van der Waals surface area contributed by atoms with Crippen LogP contribution in [0.2, 0.25) is 0 Å². The van der Waals surface area contributed by atoms with Crippen LogP contribution in [0, 0.1) is 5.92 Å². The molecule has 0 spiro atoms. The van der Waals surface area contributed by atoms with E-state index < -0.39 is 15.6 Å². The number of nitrogens with zero attached hydrogens (tertiary/aromatic N) is 1. The predicted octanol–water partition coefficient (Wildman–Crippen LogP) is 1.18. The summed E-state index contributed by atoms with van der Waals surface area (Å²) in [4.78, 5) is 0. The fourth-order valence-electron chi connectivity index (χ4n) is 2.56. The molecule has 0 saturated carbocycles. The summed E-state index contributed by atoms with van der Waals surface area (Å²) in [5.41, 5.74) is 5.39. The van der Waals surface area contributed by atoms with Gasteiger partial charge < -0.3 is 5.73 Å². The second-order valence-electron chi connectivity index (χ2n) is 5.39. The van der Waals surface area contributed by atoms with E-state index in [0.717, 1.165) is 19.3 Å². The molecule has 2 N–H and O–H groups in total. The fourth-order valence-corrected chi connectivity index (χ4v) is 4.58. The van der Waals surface area contributed by atoms with Gasteiger partial charge in [0.1, 0.15) is 0 Å². The lowest BCUT2D eigenvalue weighted by molar-refractivity contribution is 0.171. The minimum absolute atomic E-state index is 0.278. The molecule has 96 valence electrons. The summed E-state index contributed by atoms with van der Waals surface area (Å²) in [7, 11) is -3.09. The van der Waals surface area contributed by atoms with Gasteiger partial charge in [-0.05, 0) is 32.1 Å². The van der Waals surface area contributed by atoms with Crippen molar-refractivity contribution in [1.29, 1.82) is 0 Å². The second kappa shape index (κ2) is 5.02. The van der Waals surface area contributed by atoms with Crippen LogP contribution < -0.4 is 5.73 Å². The van der Waals surface area contributed by atoms with Crippen LogP contribution in [0.1, 0.15) is 40.0 Å². The van der Waals surface area contributed by atoms with E-state index in [1.165, 1.54) is 0 Å². The molecular weight excluding hydrogens is 224 g/mol. The minimum atomic E-state index is -3.09. The van der Waals surface area contributed by atoms with Crippen molar-refractivity contribution in [1.82, 2.24) is 4.31 Å². The molecular formula is C11H24N2O2S. The highest BCUT2D eigenvalue weighted by atomic mass is 32.2. The lowest BCUT2D eigenvalue weighted by Crippen LogP contribution is -2.57. The Morgan fingerprint density at radius 3 is 2.44 bits per heavy atom. The van der Waals surface area contributed by atoms with Gasteiger partial charge in [-0.2, -0.15) is 4.31 Å². The van der Waals surface area contributed by atoms with Crippen molar-refractivity contribution in [2.75, 3.05) is 18.8 Å². The molecule has 0 amide bonds. The first kappa shape index (κ1) is 13.9. The van der Waals surface area contributed by atoms with Crippen molar-refractivity contribution in [2.24, 2.45) is 11.7 Å². The summed E-state index contributed by atoms with van der Waals surface area (Å²) in [6.07, 6.45) is 2.55. The topological polar surface area (TPSA) is 63.4 Å². The second-order valence-corrected chi connectivity index (χ2v) is 7.41. The monoisotopic (exact) mass is 248 g/mol. The van der Waals surface area contributed by atoms with Crippen molar-refractivity contribution in [3.63, 3.8) is 0 Å². The van der Waals surface area contributed by atoms with E-state index in [1.54, 1.807) is 4.31 Å². The maximum atomic E-state index is 12.0. The highest BCUT2D eigenvalue weighted by molar-refractivity contribution is 7.89. The Morgan fingerprint density at radius 1 is 1.38 bits per heavy atom. The fraction of sp³-hybridized carbons (Fsp3) is 1.00. The van der Waals surface area contributed by atoms with Crippen LogP contribution in [0.15, 0.2) is 0 Å². The summed E-state index contributed by atoms with van der Waals surface area (Å²) in [5, 5.41) is 0. The molecule has 5 heteroatoms. The van der Waals surface area contributed by atoms with Crippen LogP contribution in [0.4, 0.5) is 0 Å². The third-order valence-corrected chi connectivity index (χ3v) is 5.34. The van der Waals surface area contributed by atoms with Gasteiger partial charge in [-0.1, -0.05) is 13.8 Å². The van der Waals surface area contributed by atoms with Crippen LogP contribution in [0.3, 0.4) is 0 Å². The normalized spacial score (nSPS) is 25.6. The van der Waals surface area contributed by atoms with Crippen molar-refractivity contribution >= 4 is 10.0 Å². The number of rotatable bonds is 4. The van der Waals surface area contributed by atoms with Gasteiger partial charge >= 0.3 is 0 Å². The number of sulfonamides is 1. The molecule has 0 aromatic heterocycles. The van der Waals surface area contributed by atoms with Crippen LogP contribution in [0.25, 0.3) is 0 Å². The summed E-state index contributed by atoms with van der Waals surface area (Å²) in [5.74, 6) is 0.728. The first-order chi connectivity index (χ1) is 7.32. The van der Waals surface area contributed by atoms with Gasteiger partial charge in [-0.25, -0.2) is 8.42 Å². The van der Waals surface area contributed by atoms with E-state index in [2.05, 4.69) is 13.8 Å². The highest BCUT2D eigenvalue weighted by Crippen LogP contribution is 2.29. The first-order valence-electron chi connectivity index (χ1n) is 6.02. The molecule has 16 heavy (non-hydrogen) atoms. The summed E-state index contributed by atoms with van der Waals surface area (Å²) >= 11 is 0. The molecule has 1 unspecified atom stereocenters. The molecule has 1 rings (SSSR count). The zero-order chi connectivity index (χ0) is 12.4. The molecule has 0 aromatic rings. The lowest BCUT2D eigenvalue weighted by Gasteiger charge is -2.42. The minimum Gasteiger partial charge on any atom is -0.329 e. The Balaban J connectivity index is 2.93. The van der Waals surface area contributed by atoms with Crippen LogP contribution in [-0.4, -0.2) is 37.1 Å². The van der Waals surface area contributed by atoms with E-state index >= 15 is 0 Å². The van der Waals surface area contributed by atoms with Crippen LogP contribution in [0.5, 0.6) is 0 Å². The summed E-state index contributed by atoms with van der Waals surface area (Å²) < 4.78 is 25.7. The molecule has 0 radical (unpaired) electrons. The Kier molecular flexibility index (Phi) is 4.37. The van der Waals surface area contributed by atoms with E-state index in [4.69, 9.17) is 5.73 Å². The molecule has 4 nitrogen and oxygen atoms in total. The lowest BCUT2D eigenvalue weighted by atomic mass is 9.90. The Morgan fingerprint density at radius 2 is 2.00 bits per heavy atom. The third-order valence-electron chi connectivity index (χ3n) is 3.24. The molecule has 0 aromatic carbocycles. The van der Waals surface area contributed by atoms with Gasteiger partial charge in [-0.15, -0.1) is 0 Å². The van der Waals surface area contributed by atoms with Gasteiger partial charge in [0.25, 0.3) is 0 Å². The van der Waals surface area contributed by atoms with Gasteiger partial charge in [-0.3, -0.25) is 0 Å². The zero-order valence-electron chi connectivity index (χ0n) is 10.6. The number of hydrogen-bond acceptors (Lipinski definition) is 3. The first-order valence-corrected chi connectivity index (χ1v) is 7.63. The van der Waals surface area contributed by atoms with Gasteiger partial charge in [0.05, 0.1) is 5.75 Å². The molecule has 0 aliphatic carbocycles. The molecule has 1 heterocycles. The molecule has 1 aliphatic rings. The quantitative estimate of drug-likeness (QED) is 0.812. The largest absolute Gasteiger partial charge is 0.329 e. The predicted molar refractivity (Wildman–Crippen MR) is 66.6 cm³/mol. The van der Waals surface area contributed by atoms with E-state index in [-0.39, 0.29) is 5.75 Å². The molecule has 0 bridgehead atoms. The standard InChI is InChI=1S/C11H24N2O2S/c1-10(2)8-11(3,9-12)13-6-4-5-7-16(13,14)15/h10H,4-9,12H2,1-3H3. The Hall–Kier alpha value is -0.130. The molecule has 1 fully saturated rings. The smallest absolute Gasteiger partial charge is 0.214 e. The number of nitrogens with two attached hydrogens (primary N) is 1. The van der Waals surface area contributed by atoms with Crippen LogP contribution >= 0.6 is 0 Å². The summed E-state index contributed by atoms with van der Waals surface area (Å²) in [6, 6.07) is 0. The van der Waals surface area contributed by atoms with Crippen molar-refractivity contribution in [2.45, 2.75) is 45.6 Å². The van der Waals surface area contributed by atoms with Crippen molar-refractivity contribution < 1.29 is 8.42 Å². The average molecular weight is 248 g/mol. The SMILES string of the molecule is CC(C)CC(C)(CN)N1CCCCS1(=O)=O. The Bertz CT molecular complexity index is 327. The number of hydrogen-bond donors (Lipinski definition) is 1. The van der Waals surface area contributed by atoms with Gasteiger partial charge in [0, 0.05) is 18.6 Å². The van der Waals surface area contributed by atoms with E-state index in [1.807, 2.05) is 6.92 Å². The molecule has 1 aliphatic heterocycles. The average Bonchev–Trinajstić information content (AvgIpc) is 2.15. The van der Waals surface area contributed by atoms with E-state index in [0.29, 0.717) is 19.0 Å². The summed E-state index contributed by atoms with van der Waals surface area (Å²) in [6.45, 7) is 7.19. The molecule has 1 saturated heterocycles. The van der Waals surface area contributed by atoms with Crippen LogP contribution in [-0.2, 0) is 10.0 Å². The Labute approximate surface area is 99.2 Å². The van der Waals surface area contributed by atoms with Crippen molar-refractivity contribution in [3.05, 3.63) is 0 Å². The van der Waals surface area contributed by atoms with Crippen molar-refractivity contribution in [3.8, 4) is 0 Å². The molecule has 1 atom stereocenters. The third kappa shape index (κ3) is 2.96. The van der Waals surface area contributed by atoms with Gasteiger partial charge in [0.2, 0.25) is 10.0 Å². The van der Waals surface area contributed by atoms with Gasteiger partial charge in [0.15, 0.2) is 0 Å². The zero-order valence-corrected chi connectivity index (χ0v) is 11.4.